The minimum absolute atomic E-state index is 0.0404. The maximum Gasteiger partial charge on any atom is 0.410 e. The fourth-order valence-corrected chi connectivity index (χ4v) is 5.41. The predicted octanol–water partition coefficient (Wildman–Crippen LogP) is 4.68. The lowest BCUT2D eigenvalue weighted by Crippen LogP contribution is -2.49. The first-order valence-electron chi connectivity index (χ1n) is 13.3. The molecule has 0 unspecified atom stereocenters. The van der Waals surface area contributed by atoms with Crippen molar-refractivity contribution in [1.82, 2.24) is 19.4 Å². The molecule has 0 aliphatic carbocycles. The van der Waals surface area contributed by atoms with Crippen LogP contribution in [-0.2, 0) is 16.6 Å². The average Bonchev–Trinajstić information content (AvgIpc) is 3.40. The Labute approximate surface area is 218 Å². The highest BCUT2D eigenvalue weighted by Crippen LogP contribution is 2.28. The van der Waals surface area contributed by atoms with Gasteiger partial charge in [0.25, 0.3) is 0 Å². The number of anilines is 1. The summed E-state index contributed by atoms with van der Waals surface area (Å²) in [5.41, 5.74) is 3.73. The minimum atomic E-state index is -0.577. The van der Waals surface area contributed by atoms with E-state index in [0.29, 0.717) is 26.1 Å². The fraction of sp³-hybridized carbons (Fsp3) is 0.483. The van der Waals surface area contributed by atoms with Crippen LogP contribution in [0, 0.1) is 0 Å². The van der Waals surface area contributed by atoms with Gasteiger partial charge in [0.15, 0.2) is 0 Å². The number of aryl methyl sites for hydroxylation is 1. The van der Waals surface area contributed by atoms with E-state index in [2.05, 4.69) is 46.8 Å². The molecule has 3 heterocycles. The second-order valence-corrected chi connectivity index (χ2v) is 11.0. The Morgan fingerprint density at radius 3 is 2.54 bits per heavy atom. The number of hydrogen-bond acceptors (Lipinski definition) is 5. The Bertz CT molecular complexity index is 1290. The summed E-state index contributed by atoms with van der Waals surface area (Å²) in [6.07, 6.45) is 2.00. The van der Waals surface area contributed by atoms with E-state index >= 15 is 0 Å². The zero-order chi connectivity index (χ0) is 26.2. The van der Waals surface area contributed by atoms with Gasteiger partial charge in [0, 0.05) is 51.0 Å². The molecular formula is C29H37N5O3. The summed E-state index contributed by atoms with van der Waals surface area (Å²) in [5, 5.41) is 0. The molecular weight excluding hydrogens is 466 g/mol. The van der Waals surface area contributed by atoms with Gasteiger partial charge in [-0.2, -0.15) is 0 Å². The molecule has 0 radical (unpaired) electrons. The van der Waals surface area contributed by atoms with E-state index in [-0.39, 0.29) is 5.91 Å². The van der Waals surface area contributed by atoms with Crippen molar-refractivity contribution in [3.05, 3.63) is 48.5 Å². The largest absolute Gasteiger partial charge is 0.444 e. The Morgan fingerprint density at radius 1 is 0.946 bits per heavy atom. The Kier molecular flexibility index (Phi) is 6.84. The Hall–Kier alpha value is -3.55. The third-order valence-corrected chi connectivity index (χ3v) is 7.23. The van der Waals surface area contributed by atoms with Gasteiger partial charge in [0.05, 0.1) is 11.0 Å². The lowest BCUT2D eigenvalue weighted by Gasteiger charge is -2.31. The molecule has 2 aliphatic rings. The first kappa shape index (κ1) is 25.1. The van der Waals surface area contributed by atoms with Crippen LogP contribution in [0.5, 0.6) is 0 Å². The molecule has 8 heteroatoms. The Morgan fingerprint density at radius 2 is 1.76 bits per heavy atom. The fourth-order valence-electron chi connectivity index (χ4n) is 5.41. The highest BCUT2D eigenvalue weighted by molar-refractivity contribution is 5.86. The molecule has 196 valence electrons. The van der Waals surface area contributed by atoms with Crippen LogP contribution < -0.4 is 4.90 Å². The molecule has 3 aromatic rings. The number of nitrogens with zero attached hydrogens (tertiary/aromatic N) is 5. The van der Waals surface area contributed by atoms with Gasteiger partial charge >= 0.3 is 6.09 Å². The van der Waals surface area contributed by atoms with Gasteiger partial charge in [0.2, 0.25) is 5.91 Å². The van der Waals surface area contributed by atoms with E-state index in [1.165, 1.54) is 0 Å². The van der Waals surface area contributed by atoms with Gasteiger partial charge in [-0.15, -0.1) is 0 Å². The van der Waals surface area contributed by atoms with E-state index in [1.54, 1.807) is 4.90 Å². The zero-order valence-electron chi connectivity index (χ0n) is 22.3. The molecule has 0 bridgehead atoms. The van der Waals surface area contributed by atoms with Crippen molar-refractivity contribution in [3.63, 3.8) is 0 Å². The summed E-state index contributed by atoms with van der Waals surface area (Å²) >= 11 is 0. The van der Waals surface area contributed by atoms with Crippen LogP contribution in [0.4, 0.5) is 10.5 Å². The molecule has 0 saturated carbocycles. The van der Waals surface area contributed by atoms with E-state index in [9.17, 15) is 9.59 Å². The zero-order valence-corrected chi connectivity index (χ0v) is 22.3. The van der Waals surface area contributed by atoms with E-state index < -0.39 is 17.7 Å². The minimum Gasteiger partial charge on any atom is -0.444 e. The molecule has 2 amide bonds. The summed E-state index contributed by atoms with van der Waals surface area (Å²) < 4.78 is 7.70. The van der Waals surface area contributed by atoms with Gasteiger partial charge in [-0.1, -0.05) is 24.3 Å². The SMILES string of the molecule is Cn1c(-c2cccc(N3CCCN(C(=O)[C@H]4CCCN4C(=O)OC(C)(C)C)CC3)c2)nc2ccccc21. The van der Waals surface area contributed by atoms with Crippen molar-refractivity contribution in [2.24, 2.45) is 7.05 Å². The highest BCUT2D eigenvalue weighted by Gasteiger charge is 2.39. The number of aromatic nitrogens is 2. The molecule has 8 nitrogen and oxygen atoms in total. The second kappa shape index (κ2) is 10.1. The standard InChI is InChI=1S/C29H37N5O3/c1-29(2,3)37-28(36)34-17-8-14-25(34)27(35)33-16-9-15-32(18-19-33)22-11-7-10-21(20-22)26-30-23-12-5-6-13-24(23)31(26)4/h5-7,10-13,20,25H,8-9,14-19H2,1-4H3/t25-/m1/s1. The molecule has 1 aromatic heterocycles. The number of para-hydroxylation sites is 2. The van der Waals surface area contributed by atoms with Crippen LogP contribution in [0.3, 0.4) is 0 Å². The first-order valence-corrected chi connectivity index (χ1v) is 13.3. The summed E-state index contributed by atoms with van der Waals surface area (Å²) in [6, 6.07) is 16.2. The Balaban J connectivity index is 1.28. The topological polar surface area (TPSA) is 70.9 Å². The lowest BCUT2D eigenvalue weighted by atomic mass is 10.1. The third kappa shape index (κ3) is 5.29. The van der Waals surface area contributed by atoms with Gasteiger partial charge in [-0.3, -0.25) is 9.69 Å². The average molecular weight is 504 g/mol. The molecule has 2 aromatic carbocycles. The number of ether oxygens (including phenoxy) is 1. The van der Waals surface area contributed by atoms with E-state index in [1.807, 2.05) is 43.9 Å². The van der Waals surface area contributed by atoms with Crippen LogP contribution in [0.1, 0.15) is 40.0 Å². The molecule has 0 spiro atoms. The lowest BCUT2D eigenvalue weighted by molar-refractivity contribution is -0.135. The summed E-state index contributed by atoms with van der Waals surface area (Å²) in [7, 11) is 2.05. The number of rotatable bonds is 3. The number of benzene rings is 2. The van der Waals surface area contributed by atoms with E-state index in [4.69, 9.17) is 9.72 Å². The van der Waals surface area contributed by atoms with Crippen LogP contribution >= 0.6 is 0 Å². The second-order valence-electron chi connectivity index (χ2n) is 11.0. The quantitative estimate of drug-likeness (QED) is 0.519. The third-order valence-electron chi connectivity index (χ3n) is 7.23. The first-order chi connectivity index (χ1) is 17.7. The van der Waals surface area contributed by atoms with Crippen molar-refractivity contribution in [2.75, 3.05) is 37.6 Å². The van der Waals surface area contributed by atoms with Crippen LogP contribution in [-0.4, -0.2) is 75.7 Å². The molecule has 0 N–H and O–H groups in total. The van der Waals surface area contributed by atoms with Gasteiger partial charge in [0.1, 0.15) is 17.5 Å². The maximum atomic E-state index is 13.5. The summed E-state index contributed by atoms with van der Waals surface area (Å²) in [4.78, 5) is 37.0. The molecule has 1 atom stereocenters. The summed E-state index contributed by atoms with van der Waals surface area (Å²) in [5.74, 6) is 0.983. The van der Waals surface area contributed by atoms with Crippen molar-refractivity contribution < 1.29 is 14.3 Å². The molecule has 2 aliphatic heterocycles. The smallest absolute Gasteiger partial charge is 0.410 e. The maximum absolute atomic E-state index is 13.5. The predicted molar refractivity (Wildman–Crippen MR) is 146 cm³/mol. The van der Waals surface area contributed by atoms with Crippen molar-refractivity contribution >= 4 is 28.7 Å². The van der Waals surface area contributed by atoms with Crippen LogP contribution in [0.2, 0.25) is 0 Å². The molecule has 2 saturated heterocycles. The van der Waals surface area contributed by atoms with Crippen molar-refractivity contribution in [3.8, 4) is 11.4 Å². The number of fused-ring (bicyclic) bond motifs is 1. The number of carbonyl (C=O) groups is 2. The van der Waals surface area contributed by atoms with Gasteiger partial charge < -0.3 is 19.1 Å². The normalized spacial score (nSPS) is 18.8. The number of carbonyl (C=O) groups excluding carboxylic acids is 2. The highest BCUT2D eigenvalue weighted by atomic mass is 16.6. The van der Waals surface area contributed by atoms with E-state index in [0.717, 1.165) is 54.0 Å². The van der Waals surface area contributed by atoms with Gasteiger partial charge in [-0.25, -0.2) is 9.78 Å². The number of hydrogen-bond donors (Lipinski definition) is 0. The van der Waals surface area contributed by atoms with Gasteiger partial charge in [-0.05, 0) is 64.3 Å². The van der Waals surface area contributed by atoms with Crippen molar-refractivity contribution in [1.29, 1.82) is 0 Å². The monoisotopic (exact) mass is 503 g/mol. The summed E-state index contributed by atoms with van der Waals surface area (Å²) in [6.45, 7) is 9.07. The molecule has 2 fully saturated rings. The number of likely N-dealkylation sites (tertiary alicyclic amines) is 1. The number of imidazole rings is 1. The van der Waals surface area contributed by atoms with Crippen molar-refractivity contribution in [2.45, 2.75) is 51.7 Å². The van der Waals surface area contributed by atoms with Crippen LogP contribution in [0.25, 0.3) is 22.4 Å². The molecule has 5 rings (SSSR count). The van der Waals surface area contributed by atoms with Crippen LogP contribution in [0.15, 0.2) is 48.5 Å². The molecule has 37 heavy (non-hydrogen) atoms. The number of amides is 2.